The van der Waals surface area contributed by atoms with Crippen LogP contribution in [-0.4, -0.2) is 0 Å². The Labute approximate surface area is 221 Å². The van der Waals surface area contributed by atoms with E-state index in [4.69, 9.17) is 13.2 Å². The third kappa shape index (κ3) is 3.70. The van der Waals surface area contributed by atoms with Crippen molar-refractivity contribution in [2.24, 2.45) is 16.2 Å². The van der Waals surface area contributed by atoms with Crippen LogP contribution in [0.25, 0.3) is 11.6 Å². The Hall–Kier alpha value is -2.34. The number of rotatable bonds is 5. The maximum Gasteiger partial charge on any atom is 0.0194 e. The lowest BCUT2D eigenvalue weighted by atomic mass is 9.41. The van der Waals surface area contributed by atoms with Gasteiger partial charge in [0.05, 0.1) is 0 Å². The van der Waals surface area contributed by atoms with Gasteiger partial charge in [-0.1, -0.05) is 94.4 Å². The van der Waals surface area contributed by atoms with Crippen LogP contribution >= 0.6 is 0 Å². The molecule has 0 unspecified atom stereocenters. The van der Waals surface area contributed by atoms with E-state index in [-0.39, 0.29) is 16.2 Å². The Kier molecular flexibility index (Phi) is 6.60. The maximum atomic E-state index is 4.81. The summed E-state index contributed by atoms with van der Waals surface area (Å²) in [6.45, 7) is 35.1. The van der Waals surface area contributed by atoms with Crippen molar-refractivity contribution in [2.45, 2.75) is 101 Å². The van der Waals surface area contributed by atoms with Crippen molar-refractivity contribution in [1.82, 2.24) is 0 Å². The summed E-state index contributed by atoms with van der Waals surface area (Å²) < 4.78 is 0. The second-order valence-electron chi connectivity index (χ2n) is 13.1. The van der Waals surface area contributed by atoms with Gasteiger partial charge in [0, 0.05) is 5.41 Å². The third-order valence-electron chi connectivity index (χ3n) is 10.2. The van der Waals surface area contributed by atoms with E-state index in [0.29, 0.717) is 0 Å². The molecule has 4 rings (SSSR count). The van der Waals surface area contributed by atoms with Gasteiger partial charge in [0.1, 0.15) is 0 Å². The summed E-state index contributed by atoms with van der Waals surface area (Å²) in [5.74, 6) is 0. The molecule has 36 heavy (non-hydrogen) atoms. The van der Waals surface area contributed by atoms with Crippen LogP contribution in [0.1, 0.15) is 110 Å². The van der Waals surface area contributed by atoms with Crippen LogP contribution in [0.4, 0.5) is 0 Å². The van der Waals surface area contributed by atoms with Crippen molar-refractivity contribution in [3.05, 3.63) is 93.1 Å². The minimum atomic E-state index is -0.0990. The molecule has 1 aromatic rings. The predicted octanol–water partition coefficient (Wildman–Crippen LogP) is 10.7. The van der Waals surface area contributed by atoms with E-state index in [9.17, 15) is 0 Å². The molecule has 192 valence electrons. The fourth-order valence-electron chi connectivity index (χ4n) is 8.49. The monoisotopic (exact) mass is 480 g/mol. The molecule has 3 atom stereocenters. The molecule has 0 nitrogen and oxygen atoms in total. The van der Waals surface area contributed by atoms with Gasteiger partial charge < -0.3 is 0 Å². The van der Waals surface area contributed by atoms with Gasteiger partial charge in [-0.2, -0.15) is 0 Å². The van der Waals surface area contributed by atoms with Gasteiger partial charge in [0.15, 0.2) is 0 Å². The summed E-state index contributed by atoms with van der Waals surface area (Å²) in [5.41, 5.74) is 16.6. The Morgan fingerprint density at radius 3 is 2.31 bits per heavy atom. The number of fused-ring (bicyclic) bond motifs is 3. The molecule has 0 heteroatoms. The van der Waals surface area contributed by atoms with Gasteiger partial charge in [-0.15, -0.1) is 0 Å². The van der Waals surface area contributed by atoms with Crippen LogP contribution < -0.4 is 0 Å². The van der Waals surface area contributed by atoms with Gasteiger partial charge in [0.2, 0.25) is 0 Å². The topological polar surface area (TPSA) is 0 Å². The van der Waals surface area contributed by atoms with Gasteiger partial charge in [-0.3, -0.25) is 0 Å². The minimum absolute atomic E-state index is 0.0669. The highest BCUT2D eigenvalue weighted by atomic mass is 14.6. The van der Waals surface area contributed by atoms with Crippen molar-refractivity contribution < 1.29 is 0 Å². The summed E-state index contributed by atoms with van der Waals surface area (Å²) in [5, 5.41) is 0. The van der Waals surface area contributed by atoms with E-state index < -0.39 is 0 Å². The van der Waals surface area contributed by atoms with Crippen molar-refractivity contribution in [3.63, 3.8) is 0 Å². The number of benzene rings is 1. The normalized spacial score (nSPS) is 30.3. The number of hydrogen-bond acceptors (Lipinski definition) is 0. The number of hydrogen-bond donors (Lipinski definition) is 0. The quantitative estimate of drug-likeness (QED) is 0.393. The van der Waals surface area contributed by atoms with Gasteiger partial charge in [-0.25, -0.2) is 0 Å². The zero-order chi connectivity index (χ0) is 26.8. The molecule has 0 heterocycles. The lowest BCUT2D eigenvalue weighted by molar-refractivity contribution is 0.0544. The standard InChI is InChI=1S/C36H48/c1-13-14-15-23(4)18-29-17-16-24(5)32-26(7)33-28(9)36(12)27(8)31(22(2)3)25(6)19-35(36,11)21-34(33,10)20-30(29)32/h16-18H,2,7-8,13-15,19-21H2,1,3-6,9-12H3/b23-18+/t34-,35+,36-/m1/s1. The maximum absolute atomic E-state index is 4.81. The van der Waals surface area contributed by atoms with Crippen molar-refractivity contribution in [3.8, 4) is 0 Å². The second kappa shape index (κ2) is 8.90. The van der Waals surface area contributed by atoms with Gasteiger partial charge >= 0.3 is 0 Å². The SMILES string of the molecule is C=C(C)C1=C(C)C[C@@]2(C)C[C@@]3(C)Cc4c(/C=C(\C)CCCC)ccc(C)c4C(=C)C3=C(C)[C@@]2(C)C1=C. The fourth-order valence-corrected chi connectivity index (χ4v) is 8.49. The highest BCUT2D eigenvalue weighted by Crippen LogP contribution is 2.70. The van der Waals surface area contributed by atoms with E-state index in [1.807, 2.05) is 0 Å². The molecule has 3 aliphatic carbocycles. The molecular weight excluding hydrogens is 432 g/mol. The molecule has 0 aliphatic heterocycles. The molecule has 0 saturated heterocycles. The van der Waals surface area contributed by atoms with E-state index in [2.05, 4.69) is 87.1 Å². The Balaban J connectivity index is 1.94. The van der Waals surface area contributed by atoms with E-state index in [1.54, 1.807) is 0 Å². The van der Waals surface area contributed by atoms with Crippen LogP contribution in [0.2, 0.25) is 0 Å². The van der Waals surface area contributed by atoms with Crippen molar-refractivity contribution in [2.75, 3.05) is 0 Å². The molecular formula is C36H48. The van der Waals surface area contributed by atoms with Crippen LogP contribution in [0, 0.1) is 23.2 Å². The zero-order valence-electron chi connectivity index (χ0n) is 24.6. The van der Waals surface area contributed by atoms with Gasteiger partial charge in [0.25, 0.3) is 0 Å². The Morgan fingerprint density at radius 2 is 1.69 bits per heavy atom. The number of aryl methyl sites for hydroxylation is 1. The molecule has 0 radical (unpaired) electrons. The lowest BCUT2D eigenvalue weighted by Crippen LogP contribution is -2.52. The molecule has 0 aromatic heterocycles. The van der Waals surface area contributed by atoms with E-state index >= 15 is 0 Å². The summed E-state index contributed by atoms with van der Waals surface area (Å²) in [6.07, 6.45) is 9.45. The number of allylic oxidation sites excluding steroid dienone is 8. The first-order chi connectivity index (χ1) is 16.7. The summed E-state index contributed by atoms with van der Waals surface area (Å²) in [4.78, 5) is 0. The fraction of sp³-hybridized carbons (Fsp3) is 0.500. The van der Waals surface area contributed by atoms with Crippen molar-refractivity contribution >= 4 is 11.6 Å². The molecule has 0 saturated carbocycles. The average Bonchev–Trinajstić information content (AvgIpc) is 2.76. The predicted molar refractivity (Wildman–Crippen MR) is 160 cm³/mol. The summed E-state index contributed by atoms with van der Waals surface area (Å²) in [6, 6.07) is 4.66. The Bertz CT molecular complexity index is 1270. The largest absolute Gasteiger partial charge is 0.0955 e. The first-order valence-electron chi connectivity index (χ1n) is 14.0. The molecule has 1 aromatic carbocycles. The number of unbranched alkanes of at least 4 members (excludes halogenated alkanes) is 1. The smallest absolute Gasteiger partial charge is 0.0194 e. The van der Waals surface area contributed by atoms with Crippen molar-refractivity contribution in [1.29, 1.82) is 0 Å². The first-order valence-corrected chi connectivity index (χ1v) is 14.0. The molecule has 0 bridgehead atoms. The van der Waals surface area contributed by atoms with Crippen LogP contribution in [0.3, 0.4) is 0 Å². The third-order valence-corrected chi connectivity index (χ3v) is 10.2. The van der Waals surface area contributed by atoms with E-state index in [0.717, 1.165) is 24.8 Å². The summed E-state index contributed by atoms with van der Waals surface area (Å²) in [7, 11) is 0. The second-order valence-corrected chi connectivity index (χ2v) is 13.1. The van der Waals surface area contributed by atoms with Crippen LogP contribution in [-0.2, 0) is 6.42 Å². The molecule has 0 spiro atoms. The first kappa shape index (κ1) is 26.7. The van der Waals surface area contributed by atoms with Crippen LogP contribution in [0.15, 0.2) is 70.9 Å². The zero-order valence-corrected chi connectivity index (χ0v) is 24.6. The van der Waals surface area contributed by atoms with Crippen LogP contribution in [0.5, 0.6) is 0 Å². The molecule has 0 fully saturated rings. The highest BCUT2D eigenvalue weighted by molar-refractivity contribution is 5.88. The highest BCUT2D eigenvalue weighted by Gasteiger charge is 2.59. The van der Waals surface area contributed by atoms with E-state index in [1.165, 1.54) is 80.5 Å². The average molecular weight is 481 g/mol. The Morgan fingerprint density at radius 1 is 1.03 bits per heavy atom. The van der Waals surface area contributed by atoms with Gasteiger partial charge in [-0.05, 0) is 122 Å². The lowest BCUT2D eigenvalue weighted by Gasteiger charge is -2.62. The molecule has 0 amide bonds. The molecule has 0 N–H and O–H groups in total. The summed E-state index contributed by atoms with van der Waals surface area (Å²) >= 11 is 0. The minimum Gasteiger partial charge on any atom is -0.0955 e. The molecule has 3 aliphatic rings.